The lowest BCUT2D eigenvalue weighted by Crippen LogP contribution is -2.16. The molecule has 17 heavy (non-hydrogen) atoms. The maximum absolute atomic E-state index is 12.2. The number of rotatable bonds is 6. The zero-order valence-electron chi connectivity index (χ0n) is 9.88. The van der Waals surface area contributed by atoms with E-state index in [1.165, 1.54) is 6.07 Å². The Hall–Kier alpha value is -1.20. The van der Waals surface area contributed by atoms with Gasteiger partial charge in [-0.25, -0.2) is 4.79 Å². The molecule has 0 radical (unpaired) electrons. The second-order valence-corrected chi connectivity index (χ2v) is 5.53. The molecule has 94 valence electrons. The molecule has 2 atom stereocenters. The van der Waals surface area contributed by atoms with Crippen LogP contribution in [-0.2, 0) is 15.5 Å². The summed E-state index contributed by atoms with van der Waals surface area (Å²) in [5.41, 5.74) is 0.107. The van der Waals surface area contributed by atoms with Gasteiger partial charge >= 0.3 is 5.97 Å². The Labute approximate surface area is 103 Å². The van der Waals surface area contributed by atoms with Crippen molar-refractivity contribution in [3.63, 3.8) is 0 Å². The summed E-state index contributed by atoms with van der Waals surface area (Å²) in [6.07, 6.45) is 0.636. The van der Waals surface area contributed by atoms with Gasteiger partial charge in [-0.1, -0.05) is 19.1 Å². The highest BCUT2D eigenvalue weighted by Crippen LogP contribution is 2.18. The zero-order chi connectivity index (χ0) is 12.8. The standard InChI is InChI=1S/C12H16O4S/c1-9(7-8-16-2)17(15)11-6-4-3-5-10(11)12(13)14/h3-6,9H,7-8H2,1-2H3,(H,13,14). The normalized spacial score (nSPS) is 14.2. The van der Waals surface area contributed by atoms with E-state index in [9.17, 15) is 9.00 Å². The maximum Gasteiger partial charge on any atom is 0.336 e. The SMILES string of the molecule is COCCC(C)S(=O)c1ccccc1C(=O)O. The Morgan fingerprint density at radius 1 is 1.47 bits per heavy atom. The van der Waals surface area contributed by atoms with Crippen LogP contribution in [0.5, 0.6) is 0 Å². The fourth-order valence-electron chi connectivity index (χ4n) is 1.43. The molecule has 1 aromatic rings. The van der Waals surface area contributed by atoms with Gasteiger partial charge in [-0.05, 0) is 18.6 Å². The molecule has 0 fully saturated rings. The highest BCUT2D eigenvalue weighted by Gasteiger charge is 2.19. The van der Waals surface area contributed by atoms with Crippen molar-refractivity contribution in [1.29, 1.82) is 0 Å². The average Bonchev–Trinajstić information content (AvgIpc) is 2.34. The summed E-state index contributed by atoms with van der Waals surface area (Å²) in [7, 11) is 0.262. The van der Waals surface area contributed by atoms with Crippen molar-refractivity contribution < 1.29 is 18.8 Å². The lowest BCUT2D eigenvalue weighted by Gasteiger charge is -2.12. The molecule has 0 aromatic heterocycles. The van der Waals surface area contributed by atoms with Gasteiger partial charge in [0.05, 0.1) is 21.3 Å². The fourth-order valence-corrected chi connectivity index (χ4v) is 2.75. The van der Waals surface area contributed by atoms with Crippen LogP contribution in [0, 0.1) is 0 Å². The highest BCUT2D eigenvalue weighted by molar-refractivity contribution is 7.85. The Morgan fingerprint density at radius 3 is 2.71 bits per heavy atom. The molecule has 0 bridgehead atoms. The molecule has 0 heterocycles. The number of aromatic carboxylic acids is 1. The van der Waals surface area contributed by atoms with Gasteiger partial charge in [0.2, 0.25) is 0 Å². The van der Waals surface area contributed by atoms with Crippen LogP contribution in [0.4, 0.5) is 0 Å². The van der Waals surface area contributed by atoms with E-state index in [1.54, 1.807) is 25.3 Å². The summed E-state index contributed by atoms with van der Waals surface area (Å²) in [5, 5.41) is 8.88. The van der Waals surface area contributed by atoms with E-state index in [0.717, 1.165) is 0 Å². The van der Waals surface area contributed by atoms with Crippen LogP contribution >= 0.6 is 0 Å². The van der Waals surface area contributed by atoms with E-state index in [4.69, 9.17) is 9.84 Å². The molecule has 4 nitrogen and oxygen atoms in total. The van der Waals surface area contributed by atoms with Crippen molar-refractivity contribution >= 4 is 16.8 Å². The minimum absolute atomic E-state index is 0.107. The van der Waals surface area contributed by atoms with E-state index in [-0.39, 0.29) is 10.8 Å². The molecule has 0 spiro atoms. The highest BCUT2D eigenvalue weighted by atomic mass is 32.2. The van der Waals surface area contributed by atoms with E-state index in [0.29, 0.717) is 17.9 Å². The van der Waals surface area contributed by atoms with Crippen molar-refractivity contribution in [1.82, 2.24) is 0 Å². The summed E-state index contributed by atoms with van der Waals surface area (Å²) in [4.78, 5) is 11.4. The third kappa shape index (κ3) is 3.64. The van der Waals surface area contributed by atoms with Crippen LogP contribution in [0.1, 0.15) is 23.7 Å². The number of methoxy groups -OCH3 is 1. The smallest absolute Gasteiger partial charge is 0.336 e. The Kier molecular flexibility index (Phi) is 5.31. The summed E-state index contributed by atoms with van der Waals surface area (Å²) in [5.74, 6) is -1.05. The first-order valence-electron chi connectivity index (χ1n) is 5.29. The third-order valence-corrected chi connectivity index (χ3v) is 4.18. The molecular weight excluding hydrogens is 240 g/mol. The number of carbonyl (C=O) groups is 1. The lowest BCUT2D eigenvalue weighted by molar-refractivity contribution is 0.0693. The van der Waals surface area contributed by atoms with E-state index >= 15 is 0 Å². The van der Waals surface area contributed by atoms with Gasteiger partial charge < -0.3 is 9.84 Å². The van der Waals surface area contributed by atoms with E-state index in [2.05, 4.69) is 0 Å². The monoisotopic (exact) mass is 256 g/mol. The van der Waals surface area contributed by atoms with Gasteiger partial charge in [0.15, 0.2) is 0 Å². The number of benzene rings is 1. The molecule has 0 saturated carbocycles. The second kappa shape index (κ2) is 6.51. The average molecular weight is 256 g/mol. The molecule has 0 amide bonds. The van der Waals surface area contributed by atoms with Gasteiger partial charge in [-0.3, -0.25) is 4.21 Å². The van der Waals surface area contributed by atoms with Crippen molar-refractivity contribution in [2.24, 2.45) is 0 Å². The minimum Gasteiger partial charge on any atom is -0.478 e. The Morgan fingerprint density at radius 2 is 2.12 bits per heavy atom. The van der Waals surface area contributed by atoms with Crippen LogP contribution in [0.25, 0.3) is 0 Å². The Bertz CT molecular complexity index is 417. The zero-order valence-corrected chi connectivity index (χ0v) is 10.7. The van der Waals surface area contributed by atoms with Crippen LogP contribution in [0.15, 0.2) is 29.2 Å². The maximum atomic E-state index is 12.2. The van der Waals surface area contributed by atoms with Gasteiger partial charge in [0.25, 0.3) is 0 Å². The van der Waals surface area contributed by atoms with Gasteiger partial charge in [0.1, 0.15) is 0 Å². The van der Waals surface area contributed by atoms with Crippen molar-refractivity contribution in [2.45, 2.75) is 23.5 Å². The van der Waals surface area contributed by atoms with Crippen LogP contribution in [0.2, 0.25) is 0 Å². The van der Waals surface area contributed by atoms with Crippen LogP contribution in [-0.4, -0.2) is 34.3 Å². The molecule has 1 rings (SSSR count). The first-order chi connectivity index (χ1) is 8.07. The number of ether oxygens (including phenoxy) is 1. The summed E-state index contributed by atoms with van der Waals surface area (Å²) in [6.45, 7) is 2.34. The molecule has 0 aliphatic rings. The molecule has 0 aliphatic carbocycles. The van der Waals surface area contributed by atoms with Crippen LogP contribution in [0.3, 0.4) is 0 Å². The Balaban J connectivity index is 2.92. The topological polar surface area (TPSA) is 63.6 Å². The summed E-state index contributed by atoms with van der Waals surface area (Å²) < 4.78 is 17.1. The van der Waals surface area contributed by atoms with Gasteiger partial charge in [-0.15, -0.1) is 0 Å². The van der Waals surface area contributed by atoms with Crippen molar-refractivity contribution in [3.05, 3.63) is 29.8 Å². The molecular formula is C12H16O4S. The molecule has 2 unspecified atom stereocenters. The summed E-state index contributed by atoms with van der Waals surface area (Å²) >= 11 is 0. The van der Waals surface area contributed by atoms with Gasteiger partial charge in [-0.2, -0.15) is 0 Å². The predicted molar refractivity (Wildman–Crippen MR) is 65.8 cm³/mol. The fraction of sp³-hybridized carbons (Fsp3) is 0.417. The van der Waals surface area contributed by atoms with E-state index in [1.807, 2.05) is 6.92 Å². The predicted octanol–water partition coefficient (Wildman–Crippen LogP) is 1.92. The summed E-state index contributed by atoms with van der Waals surface area (Å²) in [6, 6.07) is 6.40. The number of carboxylic acid groups (broad SMARTS) is 1. The first kappa shape index (κ1) is 13.9. The quantitative estimate of drug-likeness (QED) is 0.844. The second-order valence-electron chi connectivity index (χ2n) is 3.69. The van der Waals surface area contributed by atoms with E-state index < -0.39 is 16.8 Å². The lowest BCUT2D eigenvalue weighted by atomic mass is 10.2. The number of hydrogen-bond donors (Lipinski definition) is 1. The van der Waals surface area contributed by atoms with Crippen molar-refractivity contribution in [3.8, 4) is 0 Å². The molecule has 1 N–H and O–H groups in total. The number of carboxylic acids is 1. The molecule has 5 heteroatoms. The first-order valence-corrected chi connectivity index (χ1v) is 6.51. The molecule has 0 aliphatic heterocycles. The third-order valence-electron chi connectivity index (χ3n) is 2.43. The minimum atomic E-state index is -1.32. The van der Waals surface area contributed by atoms with Crippen LogP contribution < -0.4 is 0 Å². The van der Waals surface area contributed by atoms with Gasteiger partial charge in [0, 0.05) is 19.0 Å². The molecule has 0 saturated heterocycles. The number of hydrogen-bond acceptors (Lipinski definition) is 3. The largest absolute Gasteiger partial charge is 0.478 e. The van der Waals surface area contributed by atoms with Crippen molar-refractivity contribution in [2.75, 3.05) is 13.7 Å². The molecule has 1 aromatic carbocycles.